The zero-order valence-electron chi connectivity index (χ0n) is 10.8. The fourth-order valence-corrected chi connectivity index (χ4v) is 2.24. The summed E-state index contributed by atoms with van der Waals surface area (Å²) in [7, 11) is 0. The minimum atomic E-state index is -0.443. The third-order valence-corrected chi connectivity index (χ3v) is 3.80. The third-order valence-electron chi connectivity index (χ3n) is 3.80. The number of fused-ring (bicyclic) bond motifs is 1. The summed E-state index contributed by atoms with van der Waals surface area (Å²) in [4.78, 5) is 14.5. The van der Waals surface area contributed by atoms with Crippen molar-refractivity contribution in [2.75, 3.05) is 11.9 Å². The van der Waals surface area contributed by atoms with Crippen LogP contribution in [0.25, 0.3) is 11.1 Å². The summed E-state index contributed by atoms with van der Waals surface area (Å²) >= 11 is 0. The lowest BCUT2D eigenvalue weighted by Crippen LogP contribution is -2.07. The molecule has 6 nitrogen and oxygen atoms in total. The number of rotatable bonds is 4. The van der Waals surface area contributed by atoms with Gasteiger partial charge >= 0.3 is 0 Å². The normalized spacial score (nSPS) is 20.4. The van der Waals surface area contributed by atoms with E-state index in [-0.39, 0.29) is 5.69 Å². The molecule has 0 saturated heterocycles. The fraction of sp³-hybridized carbons (Fsp3) is 0.462. The molecular weight excluding hydrogens is 246 g/mol. The van der Waals surface area contributed by atoms with E-state index in [0.29, 0.717) is 28.4 Å². The molecular formula is C13H15N3O3. The van der Waals surface area contributed by atoms with Gasteiger partial charge in [-0.15, -0.1) is 0 Å². The lowest BCUT2D eigenvalue weighted by molar-refractivity contribution is -0.384. The topological polar surface area (TPSA) is 81.2 Å². The summed E-state index contributed by atoms with van der Waals surface area (Å²) < 4.78 is 5.48. The van der Waals surface area contributed by atoms with Crippen molar-refractivity contribution in [1.82, 2.24) is 4.98 Å². The number of aromatic nitrogens is 1. The van der Waals surface area contributed by atoms with Gasteiger partial charge in [0.25, 0.3) is 11.7 Å². The molecule has 19 heavy (non-hydrogen) atoms. The molecule has 0 amide bonds. The fourth-order valence-electron chi connectivity index (χ4n) is 2.24. The highest BCUT2D eigenvalue weighted by Crippen LogP contribution is 2.51. The second kappa shape index (κ2) is 3.94. The van der Waals surface area contributed by atoms with E-state index in [1.54, 1.807) is 6.07 Å². The van der Waals surface area contributed by atoms with Crippen molar-refractivity contribution < 1.29 is 9.34 Å². The van der Waals surface area contributed by atoms with E-state index in [1.165, 1.54) is 18.6 Å². The van der Waals surface area contributed by atoms with Crippen molar-refractivity contribution in [3.05, 3.63) is 28.3 Å². The second-order valence-corrected chi connectivity index (χ2v) is 5.70. The summed E-state index contributed by atoms with van der Waals surface area (Å²) in [6, 6.07) is 4.86. The monoisotopic (exact) mass is 261 g/mol. The molecule has 1 aliphatic carbocycles. The highest BCUT2D eigenvalue weighted by molar-refractivity contribution is 5.77. The molecule has 1 aromatic carbocycles. The molecule has 6 heteroatoms. The number of nitro benzene ring substituents is 1. The SMILES string of the molecule is CC1(C)CC1CNc1nc2ccc([N+](=O)[O-])cc2o1. The van der Waals surface area contributed by atoms with Crippen LogP contribution in [0, 0.1) is 21.4 Å². The molecule has 100 valence electrons. The van der Waals surface area contributed by atoms with Gasteiger partial charge in [-0.3, -0.25) is 10.1 Å². The zero-order chi connectivity index (χ0) is 13.6. The van der Waals surface area contributed by atoms with Gasteiger partial charge in [-0.1, -0.05) is 13.8 Å². The Bertz CT molecular complexity index is 648. The first-order valence-corrected chi connectivity index (χ1v) is 6.24. The Kier molecular flexibility index (Phi) is 2.48. The molecule has 1 fully saturated rings. The number of benzene rings is 1. The van der Waals surface area contributed by atoms with Crippen molar-refractivity contribution in [3.63, 3.8) is 0 Å². The molecule has 1 saturated carbocycles. The van der Waals surface area contributed by atoms with E-state index >= 15 is 0 Å². The standard InChI is InChI=1S/C13H15N3O3/c1-13(2)6-8(13)7-14-12-15-10-4-3-9(16(17)18)5-11(10)19-12/h3-5,8H,6-7H2,1-2H3,(H,14,15). The number of oxazole rings is 1. The number of hydrogen-bond donors (Lipinski definition) is 1. The maximum absolute atomic E-state index is 10.7. The summed E-state index contributed by atoms with van der Waals surface area (Å²) in [5.41, 5.74) is 1.48. The number of anilines is 1. The first-order valence-electron chi connectivity index (χ1n) is 6.24. The third kappa shape index (κ3) is 2.25. The summed E-state index contributed by atoms with van der Waals surface area (Å²) in [5.74, 6) is 0.636. The van der Waals surface area contributed by atoms with E-state index in [9.17, 15) is 10.1 Å². The van der Waals surface area contributed by atoms with Gasteiger partial charge < -0.3 is 9.73 Å². The van der Waals surface area contributed by atoms with Gasteiger partial charge in [0.2, 0.25) is 0 Å². The summed E-state index contributed by atoms with van der Waals surface area (Å²) in [6.07, 6.45) is 1.20. The van der Waals surface area contributed by atoms with Gasteiger partial charge in [-0.25, -0.2) is 0 Å². The van der Waals surface area contributed by atoms with Crippen LogP contribution in [0.5, 0.6) is 0 Å². The van der Waals surface area contributed by atoms with Crippen LogP contribution in [0.4, 0.5) is 11.7 Å². The second-order valence-electron chi connectivity index (χ2n) is 5.70. The van der Waals surface area contributed by atoms with Crippen molar-refractivity contribution in [2.45, 2.75) is 20.3 Å². The van der Waals surface area contributed by atoms with E-state index in [0.717, 1.165) is 6.54 Å². The van der Waals surface area contributed by atoms with Crippen LogP contribution >= 0.6 is 0 Å². The maximum atomic E-state index is 10.7. The molecule has 0 bridgehead atoms. The Morgan fingerprint density at radius 1 is 1.58 bits per heavy atom. The summed E-state index contributed by atoms with van der Waals surface area (Å²) in [5, 5.41) is 13.8. The molecule has 1 aromatic heterocycles. The first-order chi connectivity index (χ1) is 8.95. The highest BCUT2D eigenvalue weighted by atomic mass is 16.6. The van der Waals surface area contributed by atoms with Gasteiger partial charge in [-0.2, -0.15) is 4.98 Å². The van der Waals surface area contributed by atoms with Gasteiger partial charge in [0.1, 0.15) is 5.52 Å². The zero-order valence-corrected chi connectivity index (χ0v) is 10.8. The van der Waals surface area contributed by atoms with E-state index in [2.05, 4.69) is 24.1 Å². The molecule has 1 aliphatic rings. The Morgan fingerprint density at radius 3 is 2.95 bits per heavy atom. The quantitative estimate of drug-likeness (QED) is 0.675. The number of nitrogens with zero attached hydrogens (tertiary/aromatic N) is 2. The average Bonchev–Trinajstić information content (AvgIpc) is 2.80. The van der Waals surface area contributed by atoms with Crippen LogP contribution in [0.2, 0.25) is 0 Å². The van der Waals surface area contributed by atoms with E-state index in [4.69, 9.17) is 4.42 Å². The molecule has 2 aromatic rings. The predicted octanol–water partition coefficient (Wildman–Crippen LogP) is 3.19. The van der Waals surface area contributed by atoms with E-state index in [1.807, 2.05) is 0 Å². The van der Waals surface area contributed by atoms with Crippen LogP contribution in [-0.2, 0) is 0 Å². The van der Waals surface area contributed by atoms with Crippen LogP contribution in [0.3, 0.4) is 0 Å². The minimum absolute atomic E-state index is 0.0125. The molecule has 1 atom stereocenters. The van der Waals surface area contributed by atoms with Crippen molar-refractivity contribution >= 4 is 22.8 Å². The lowest BCUT2D eigenvalue weighted by atomic mass is 10.1. The molecule has 1 unspecified atom stereocenters. The number of nitrogens with one attached hydrogen (secondary N) is 1. The molecule has 1 heterocycles. The van der Waals surface area contributed by atoms with Crippen molar-refractivity contribution in [1.29, 1.82) is 0 Å². The Balaban J connectivity index is 1.76. The Morgan fingerprint density at radius 2 is 2.32 bits per heavy atom. The molecule has 0 aliphatic heterocycles. The lowest BCUT2D eigenvalue weighted by Gasteiger charge is -2.02. The molecule has 3 rings (SSSR count). The molecule has 0 radical (unpaired) electrons. The van der Waals surface area contributed by atoms with Crippen molar-refractivity contribution in [2.24, 2.45) is 11.3 Å². The van der Waals surface area contributed by atoms with E-state index < -0.39 is 4.92 Å². The summed E-state index contributed by atoms with van der Waals surface area (Å²) in [6.45, 7) is 5.28. The van der Waals surface area contributed by atoms with Gasteiger partial charge in [0, 0.05) is 12.6 Å². The van der Waals surface area contributed by atoms with Crippen molar-refractivity contribution in [3.8, 4) is 0 Å². The first kappa shape index (κ1) is 12.0. The van der Waals surface area contributed by atoms with Gasteiger partial charge in [0.05, 0.1) is 11.0 Å². The highest BCUT2D eigenvalue weighted by Gasteiger charge is 2.45. The number of nitro groups is 1. The van der Waals surface area contributed by atoms with Crippen LogP contribution in [0.15, 0.2) is 22.6 Å². The largest absolute Gasteiger partial charge is 0.423 e. The van der Waals surface area contributed by atoms with Crippen LogP contribution in [0.1, 0.15) is 20.3 Å². The Hall–Kier alpha value is -2.11. The molecule has 1 N–H and O–H groups in total. The molecule has 0 spiro atoms. The number of hydrogen-bond acceptors (Lipinski definition) is 5. The van der Waals surface area contributed by atoms with Crippen LogP contribution in [-0.4, -0.2) is 16.5 Å². The predicted molar refractivity (Wildman–Crippen MR) is 71.0 cm³/mol. The average molecular weight is 261 g/mol. The Labute approximate surface area is 110 Å². The van der Waals surface area contributed by atoms with Gasteiger partial charge in [-0.05, 0) is 23.8 Å². The van der Waals surface area contributed by atoms with Gasteiger partial charge in [0.15, 0.2) is 5.58 Å². The smallest absolute Gasteiger partial charge is 0.295 e. The van der Waals surface area contributed by atoms with Crippen LogP contribution < -0.4 is 5.32 Å². The number of non-ortho nitro benzene ring substituents is 1. The minimum Gasteiger partial charge on any atom is -0.423 e. The maximum Gasteiger partial charge on any atom is 0.295 e.